The van der Waals surface area contributed by atoms with Crippen molar-refractivity contribution in [2.45, 2.75) is 12.5 Å². The van der Waals surface area contributed by atoms with Crippen molar-refractivity contribution >= 4 is 45.8 Å². The van der Waals surface area contributed by atoms with E-state index in [2.05, 4.69) is 26.1 Å². The molecular formula is C15H20BrCl2N3O. The van der Waals surface area contributed by atoms with Crippen molar-refractivity contribution in [3.05, 3.63) is 33.3 Å². The first-order valence-corrected chi connectivity index (χ1v) is 8.51. The second-order valence-electron chi connectivity index (χ2n) is 5.60. The van der Waals surface area contributed by atoms with Gasteiger partial charge in [-0.05, 0) is 47.1 Å². The van der Waals surface area contributed by atoms with E-state index in [0.717, 1.165) is 43.7 Å². The van der Waals surface area contributed by atoms with Crippen LogP contribution in [0.1, 0.15) is 16.8 Å². The van der Waals surface area contributed by atoms with Gasteiger partial charge in [-0.3, -0.25) is 9.69 Å². The van der Waals surface area contributed by atoms with Crippen LogP contribution in [-0.2, 0) is 0 Å². The van der Waals surface area contributed by atoms with Crippen LogP contribution < -0.4 is 5.32 Å². The Morgan fingerprint density at radius 1 is 1.27 bits per heavy atom. The molecule has 7 heteroatoms. The molecule has 1 atom stereocenters. The Morgan fingerprint density at radius 3 is 2.59 bits per heavy atom. The molecule has 0 bridgehead atoms. The average Bonchev–Trinajstić information content (AvgIpc) is 3.04. The van der Waals surface area contributed by atoms with E-state index in [4.69, 9.17) is 11.6 Å². The highest BCUT2D eigenvalue weighted by molar-refractivity contribution is 9.10. The Labute approximate surface area is 150 Å². The van der Waals surface area contributed by atoms with Crippen LogP contribution in [0.2, 0.25) is 5.02 Å². The fraction of sp³-hybridized carbons (Fsp3) is 0.533. The minimum absolute atomic E-state index is 0. The Balaban J connectivity index is 0.00000176. The predicted octanol–water partition coefficient (Wildman–Crippen LogP) is 2.64. The molecule has 1 unspecified atom stereocenters. The topological polar surface area (TPSA) is 35.6 Å². The summed E-state index contributed by atoms with van der Waals surface area (Å²) in [5.41, 5.74) is 0.666. The number of hydrogen-bond acceptors (Lipinski definition) is 3. The van der Waals surface area contributed by atoms with E-state index in [1.165, 1.54) is 6.42 Å². The first kappa shape index (κ1) is 18.0. The SMILES string of the molecule is Cl.O=C(c1ccc(Br)c(Cl)c1)N1CCN(C2CCNC2)CC1. The fourth-order valence-electron chi connectivity index (χ4n) is 3.05. The van der Waals surface area contributed by atoms with Gasteiger partial charge in [0.2, 0.25) is 0 Å². The van der Waals surface area contributed by atoms with Gasteiger partial charge in [-0.1, -0.05) is 11.6 Å². The number of nitrogens with zero attached hydrogens (tertiary/aromatic N) is 2. The number of piperazine rings is 1. The summed E-state index contributed by atoms with van der Waals surface area (Å²) in [4.78, 5) is 16.9. The monoisotopic (exact) mass is 407 g/mol. The highest BCUT2D eigenvalue weighted by atomic mass is 79.9. The zero-order valence-corrected chi connectivity index (χ0v) is 15.4. The summed E-state index contributed by atoms with van der Waals surface area (Å²) in [6, 6.07) is 6.03. The Bertz CT molecular complexity index is 530. The van der Waals surface area contributed by atoms with Crippen molar-refractivity contribution in [2.75, 3.05) is 39.3 Å². The molecule has 2 fully saturated rings. The minimum atomic E-state index is 0. The molecular weight excluding hydrogens is 389 g/mol. The van der Waals surface area contributed by atoms with Gasteiger partial charge >= 0.3 is 0 Å². The number of amides is 1. The predicted molar refractivity (Wildman–Crippen MR) is 95.2 cm³/mol. The van der Waals surface area contributed by atoms with Crippen LogP contribution in [0, 0.1) is 0 Å². The molecule has 1 aromatic carbocycles. The van der Waals surface area contributed by atoms with Crippen molar-refractivity contribution in [1.29, 1.82) is 0 Å². The highest BCUT2D eigenvalue weighted by Crippen LogP contribution is 2.24. The van der Waals surface area contributed by atoms with Crippen LogP contribution in [0.5, 0.6) is 0 Å². The third-order valence-corrected chi connectivity index (χ3v) is 5.55. The molecule has 3 rings (SSSR count). The van der Waals surface area contributed by atoms with Crippen molar-refractivity contribution in [3.8, 4) is 0 Å². The van der Waals surface area contributed by atoms with Gasteiger partial charge in [0.15, 0.2) is 0 Å². The molecule has 122 valence electrons. The molecule has 0 saturated carbocycles. The van der Waals surface area contributed by atoms with E-state index in [1.54, 1.807) is 6.07 Å². The summed E-state index contributed by atoms with van der Waals surface area (Å²) in [5, 5.41) is 3.98. The Kier molecular flexibility index (Phi) is 6.53. The van der Waals surface area contributed by atoms with E-state index < -0.39 is 0 Å². The average molecular weight is 409 g/mol. The highest BCUT2D eigenvalue weighted by Gasteiger charge is 2.28. The Hall–Kier alpha value is -0.330. The van der Waals surface area contributed by atoms with Crippen LogP contribution in [0.15, 0.2) is 22.7 Å². The van der Waals surface area contributed by atoms with Gasteiger partial charge in [0.1, 0.15) is 0 Å². The largest absolute Gasteiger partial charge is 0.336 e. The van der Waals surface area contributed by atoms with Gasteiger partial charge in [-0.25, -0.2) is 0 Å². The van der Waals surface area contributed by atoms with Gasteiger partial charge in [0, 0.05) is 48.8 Å². The Morgan fingerprint density at radius 2 is 2.00 bits per heavy atom. The third-order valence-electron chi connectivity index (χ3n) is 4.32. The summed E-state index contributed by atoms with van der Waals surface area (Å²) in [7, 11) is 0. The molecule has 2 heterocycles. The smallest absolute Gasteiger partial charge is 0.253 e. The first-order valence-electron chi connectivity index (χ1n) is 7.34. The molecule has 0 radical (unpaired) electrons. The molecule has 4 nitrogen and oxygen atoms in total. The molecule has 1 amide bonds. The van der Waals surface area contributed by atoms with Crippen LogP contribution in [0.25, 0.3) is 0 Å². The quantitative estimate of drug-likeness (QED) is 0.816. The zero-order chi connectivity index (χ0) is 14.8. The fourth-order valence-corrected chi connectivity index (χ4v) is 3.48. The number of benzene rings is 1. The molecule has 1 aromatic rings. The number of nitrogens with one attached hydrogen (secondary N) is 1. The third kappa shape index (κ3) is 3.95. The minimum Gasteiger partial charge on any atom is -0.336 e. The standard InChI is InChI=1S/C15H19BrClN3O.ClH/c16-13-2-1-11(9-14(13)17)15(21)20-7-5-19(6-8-20)12-3-4-18-10-12;/h1-2,9,12,18H,3-8,10H2;1H. The maximum absolute atomic E-state index is 12.5. The van der Waals surface area contributed by atoms with Crippen molar-refractivity contribution in [3.63, 3.8) is 0 Å². The van der Waals surface area contributed by atoms with Gasteiger partial charge in [-0.15, -0.1) is 12.4 Å². The van der Waals surface area contributed by atoms with E-state index in [0.29, 0.717) is 16.6 Å². The van der Waals surface area contributed by atoms with Crippen LogP contribution in [0.4, 0.5) is 0 Å². The van der Waals surface area contributed by atoms with Crippen molar-refractivity contribution < 1.29 is 4.79 Å². The van der Waals surface area contributed by atoms with Crippen LogP contribution in [0.3, 0.4) is 0 Å². The van der Waals surface area contributed by atoms with Gasteiger partial charge in [-0.2, -0.15) is 0 Å². The molecule has 2 aliphatic rings. The molecule has 1 N–H and O–H groups in total. The molecule has 2 aliphatic heterocycles. The van der Waals surface area contributed by atoms with Crippen molar-refractivity contribution in [2.24, 2.45) is 0 Å². The number of halogens is 3. The lowest BCUT2D eigenvalue weighted by atomic mass is 10.1. The maximum Gasteiger partial charge on any atom is 0.253 e. The summed E-state index contributed by atoms with van der Waals surface area (Å²) in [5.74, 6) is 0.0774. The lowest BCUT2D eigenvalue weighted by Gasteiger charge is -2.37. The molecule has 0 spiro atoms. The van der Waals surface area contributed by atoms with Gasteiger partial charge < -0.3 is 10.2 Å². The molecule has 22 heavy (non-hydrogen) atoms. The van der Waals surface area contributed by atoms with Gasteiger partial charge in [0.25, 0.3) is 5.91 Å². The second kappa shape index (κ2) is 7.97. The first-order chi connectivity index (χ1) is 10.1. The lowest BCUT2D eigenvalue weighted by molar-refractivity contribution is 0.0584. The second-order valence-corrected chi connectivity index (χ2v) is 6.87. The number of carbonyl (C=O) groups excluding carboxylic acids is 1. The number of rotatable bonds is 2. The maximum atomic E-state index is 12.5. The molecule has 2 saturated heterocycles. The van der Waals surface area contributed by atoms with E-state index in [9.17, 15) is 4.79 Å². The van der Waals surface area contributed by atoms with E-state index >= 15 is 0 Å². The lowest BCUT2D eigenvalue weighted by Crippen LogP contribution is -2.52. The van der Waals surface area contributed by atoms with E-state index in [1.807, 2.05) is 17.0 Å². The summed E-state index contributed by atoms with van der Waals surface area (Å²) < 4.78 is 0.819. The van der Waals surface area contributed by atoms with Crippen LogP contribution in [-0.4, -0.2) is 61.0 Å². The number of carbonyl (C=O) groups is 1. The molecule has 0 aromatic heterocycles. The van der Waals surface area contributed by atoms with Gasteiger partial charge in [0.05, 0.1) is 5.02 Å². The van der Waals surface area contributed by atoms with Crippen molar-refractivity contribution in [1.82, 2.24) is 15.1 Å². The summed E-state index contributed by atoms with van der Waals surface area (Å²) >= 11 is 9.42. The number of hydrogen-bond donors (Lipinski definition) is 1. The summed E-state index contributed by atoms with van der Waals surface area (Å²) in [6.07, 6.45) is 1.22. The molecule has 0 aliphatic carbocycles. The summed E-state index contributed by atoms with van der Waals surface area (Å²) in [6.45, 7) is 5.70. The van der Waals surface area contributed by atoms with E-state index in [-0.39, 0.29) is 18.3 Å². The normalized spacial score (nSPS) is 22.5. The zero-order valence-electron chi connectivity index (χ0n) is 12.2. The van der Waals surface area contributed by atoms with Crippen LogP contribution >= 0.6 is 39.9 Å².